The second-order valence-corrected chi connectivity index (χ2v) is 6.60. The number of nitrogens with one attached hydrogen (secondary N) is 1. The fourth-order valence-corrected chi connectivity index (χ4v) is 3.31. The van der Waals surface area contributed by atoms with Gasteiger partial charge in [-0.05, 0) is 16.7 Å². The average Bonchev–Trinajstić information content (AvgIpc) is 3.17. The summed E-state index contributed by atoms with van der Waals surface area (Å²) < 4.78 is 1.81. The maximum atomic E-state index is 13.3. The smallest absolute Gasteiger partial charge is 0.237 e. The number of amides is 1. The van der Waals surface area contributed by atoms with Crippen molar-refractivity contribution in [2.75, 3.05) is 5.32 Å². The van der Waals surface area contributed by atoms with Crippen molar-refractivity contribution in [2.24, 2.45) is 0 Å². The van der Waals surface area contributed by atoms with Crippen molar-refractivity contribution >= 4 is 11.7 Å². The van der Waals surface area contributed by atoms with Crippen molar-refractivity contribution in [1.29, 1.82) is 0 Å². The fraction of sp³-hybridized carbons (Fsp3) is 0.0833. The molecule has 0 saturated heterocycles. The van der Waals surface area contributed by atoms with Gasteiger partial charge in [-0.25, -0.2) is 4.68 Å². The Morgan fingerprint density at radius 2 is 1.32 bits per heavy atom. The van der Waals surface area contributed by atoms with E-state index in [-0.39, 0.29) is 11.8 Å². The largest absolute Gasteiger partial charge is 0.310 e. The Morgan fingerprint density at radius 1 is 0.786 bits per heavy atom. The van der Waals surface area contributed by atoms with E-state index in [0.717, 1.165) is 16.7 Å². The lowest BCUT2D eigenvalue weighted by atomic mass is 9.90. The Balaban J connectivity index is 1.60. The highest BCUT2D eigenvalue weighted by Crippen LogP contribution is 2.26. The van der Waals surface area contributed by atoms with E-state index in [4.69, 9.17) is 0 Å². The molecule has 0 bridgehead atoms. The Bertz CT molecular complexity index is 988. The number of hydrogen-bond donors (Lipinski definition) is 1. The van der Waals surface area contributed by atoms with Gasteiger partial charge in [0.15, 0.2) is 0 Å². The topological polar surface area (TPSA) is 46.9 Å². The molecule has 0 atom stereocenters. The van der Waals surface area contributed by atoms with Crippen LogP contribution in [0.2, 0.25) is 0 Å². The van der Waals surface area contributed by atoms with Crippen molar-refractivity contribution in [2.45, 2.75) is 12.5 Å². The van der Waals surface area contributed by atoms with Gasteiger partial charge in [-0.1, -0.05) is 91.0 Å². The molecule has 0 aliphatic carbocycles. The molecule has 3 aromatic carbocycles. The monoisotopic (exact) mass is 367 g/mol. The zero-order valence-corrected chi connectivity index (χ0v) is 15.4. The number of benzene rings is 3. The van der Waals surface area contributed by atoms with E-state index in [2.05, 4.69) is 10.4 Å². The van der Waals surface area contributed by atoms with Crippen LogP contribution in [0.4, 0.5) is 5.82 Å². The van der Waals surface area contributed by atoms with E-state index in [1.807, 2.05) is 97.1 Å². The lowest BCUT2D eigenvalue weighted by Crippen LogP contribution is -2.24. The summed E-state index contributed by atoms with van der Waals surface area (Å²) in [5.74, 6) is 0.223. The summed E-state index contributed by atoms with van der Waals surface area (Å²) in [7, 11) is 0. The zero-order valence-electron chi connectivity index (χ0n) is 15.4. The van der Waals surface area contributed by atoms with Crippen molar-refractivity contribution in [1.82, 2.24) is 9.78 Å². The summed E-state index contributed by atoms with van der Waals surface area (Å²) in [6.07, 6.45) is 1.71. The number of rotatable bonds is 6. The van der Waals surface area contributed by atoms with Crippen LogP contribution < -0.4 is 5.32 Å². The molecule has 1 aromatic heterocycles. The zero-order chi connectivity index (χ0) is 19.2. The molecule has 4 rings (SSSR count). The molecule has 4 heteroatoms. The van der Waals surface area contributed by atoms with Gasteiger partial charge in [-0.15, -0.1) is 0 Å². The maximum Gasteiger partial charge on any atom is 0.237 e. The molecule has 1 N–H and O–H groups in total. The van der Waals surface area contributed by atoms with E-state index in [1.165, 1.54) is 0 Å². The Hall–Kier alpha value is -3.66. The van der Waals surface area contributed by atoms with E-state index in [0.29, 0.717) is 12.4 Å². The van der Waals surface area contributed by atoms with Gasteiger partial charge in [0.1, 0.15) is 5.82 Å². The highest BCUT2D eigenvalue weighted by Gasteiger charge is 2.23. The summed E-state index contributed by atoms with van der Waals surface area (Å²) in [5, 5.41) is 7.44. The van der Waals surface area contributed by atoms with Crippen LogP contribution in [0.25, 0.3) is 0 Å². The average molecular weight is 367 g/mol. The predicted octanol–water partition coefficient (Wildman–Crippen LogP) is 4.70. The predicted molar refractivity (Wildman–Crippen MR) is 111 cm³/mol. The highest BCUT2D eigenvalue weighted by atomic mass is 16.2. The first kappa shape index (κ1) is 17.7. The van der Waals surface area contributed by atoms with Crippen LogP contribution >= 0.6 is 0 Å². The summed E-state index contributed by atoms with van der Waals surface area (Å²) in [5.41, 5.74) is 3.05. The molecular weight excluding hydrogens is 346 g/mol. The summed E-state index contributed by atoms with van der Waals surface area (Å²) in [4.78, 5) is 13.3. The quantitative estimate of drug-likeness (QED) is 0.537. The molecule has 4 nitrogen and oxygen atoms in total. The van der Waals surface area contributed by atoms with Crippen molar-refractivity contribution in [3.05, 3.63) is 120 Å². The molecular formula is C24H21N3O. The van der Waals surface area contributed by atoms with Gasteiger partial charge in [0, 0.05) is 6.07 Å². The van der Waals surface area contributed by atoms with Gasteiger partial charge in [0.2, 0.25) is 5.91 Å². The van der Waals surface area contributed by atoms with Crippen molar-refractivity contribution in [3.8, 4) is 0 Å². The standard InChI is InChI=1S/C24H21N3O/c28-24(23(20-12-6-2-7-13-20)21-14-8-3-9-15-21)26-22-16-17-25-27(22)18-19-10-4-1-5-11-19/h1-17,23H,18H2,(H,26,28). The van der Waals surface area contributed by atoms with Gasteiger partial charge in [-0.2, -0.15) is 5.10 Å². The van der Waals surface area contributed by atoms with Gasteiger partial charge < -0.3 is 5.32 Å². The molecule has 0 fully saturated rings. The van der Waals surface area contributed by atoms with Crippen LogP contribution in [0.5, 0.6) is 0 Å². The number of carbonyl (C=O) groups is 1. The molecule has 0 aliphatic heterocycles. The number of aromatic nitrogens is 2. The molecule has 0 aliphatic rings. The summed E-state index contributed by atoms with van der Waals surface area (Å²) >= 11 is 0. The van der Waals surface area contributed by atoms with Gasteiger partial charge in [0.05, 0.1) is 18.7 Å². The maximum absolute atomic E-state index is 13.3. The minimum atomic E-state index is -0.387. The third kappa shape index (κ3) is 4.01. The van der Waals surface area contributed by atoms with Crippen LogP contribution in [-0.2, 0) is 11.3 Å². The highest BCUT2D eigenvalue weighted by molar-refractivity contribution is 5.97. The molecule has 0 radical (unpaired) electrons. The van der Waals surface area contributed by atoms with Crippen molar-refractivity contribution in [3.63, 3.8) is 0 Å². The molecule has 0 unspecified atom stereocenters. The molecule has 1 heterocycles. The molecule has 138 valence electrons. The van der Waals surface area contributed by atoms with Crippen LogP contribution in [-0.4, -0.2) is 15.7 Å². The van der Waals surface area contributed by atoms with Crippen LogP contribution in [0, 0.1) is 0 Å². The Labute approximate surface area is 164 Å². The van der Waals surface area contributed by atoms with Crippen LogP contribution in [0.1, 0.15) is 22.6 Å². The van der Waals surface area contributed by atoms with Gasteiger partial charge in [0.25, 0.3) is 0 Å². The number of nitrogens with zero attached hydrogens (tertiary/aromatic N) is 2. The second-order valence-electron chi connectivity index (χ2n) is 6.60. The number of hydrogen-bond acceptors (Lipinski definition) is 2. The first-order chi connectivity index (χ1) is 13.8. The van der Waals surface area contributed by atoms with Gasteiger partial charge in [-0.3, -0.25) is 4.79 Å². The van der Waals surface area contributed by atoms with Crippen LogP contribution in [0.15, 0.2) is 103 Å². The molecule has 0 saturated carbocycles. The second kappa shape index (κ2) is 8.35. The lowest BCUT2D eigenvalue weighted by Gasteiger charge is -2.18. The van der Waals surface area contributed by atoms with Crippen LogP contribution in [0.3, 0.4) is 0 Å². The number of anilines is 1. The molecule has 0 spiro atoms. The Kier molecular flexibility index (Phi) is 5.29. The van der Waals surface area contributed by atoms with E-state index < -0.39 is 0 Å². The first-order valence-electron chi connectivity index (χ1n) is 9.28. The van der Waals surface area contributed by atoms with Gasteiger partial charge >= 0.3 is 0 Å². The lowest BCUT2D eigenvalue weighted by molar-refractivity contribution is -0.116. The molecule has 1 amide bonds. The Morgan fingerprint density at radius 3 is 1.89 bits per heavy atom. The first-order valence-corrected chi connectivity index (χ1v) is 9.28. The summed E-state index contributed by atoms with van der Waals surface area (Å²) in [6.45, 7) is 0.602. The van der Waals surface area contributed by atoms with E-state index >= 15 is 0 Å². The molecule has 4 aromatic rings. The third-order valence-corrected chi connectivity index (χ3v) is 4.67. The van der Waals surface area contributed by atoms with E-state index in [1.54, 1.807) is 10.9 Å². The summed E-state index contributed by atoms with van der Waals surface area (Å²) in [6, 6.07) is 31.6. The molecule has 28 heavy (non-hydrogen) atoms. The van der Waals surface area contributed by atoms with E-state index in [9.17, 15) is 4.79 Å². The number of carbonyl (C=O) groups excluding carboxylic acids is 1. The van der Waals surface area contributed by atoms with Crippen molar-refractivity contribution < 1.29 is 4.79 Å². The third-order valence-electron chi connectivity index (χ3n) is 4.67. The minimum Gasteiger partial charge on any atom is -0.310 e. The normalized spacial score (nSPS) is 10.8. The fourth-order valence-electron chi connectivity index (χ4n) is 3.31. The SMILES string of the molecule is O=C(Nc1ccnn1Cc1ccccc1)C(c1ccccc1)c1ccccc1. The minimum absolute atomic E-state index is 0.0767.